The van der Waals surface area contributed by atoms with E-state index < -0.39 is 0 Å². The molecule has 0 saturated carbocycles. The van der Waals surface area contributed by atoms with Gasteiger partial charge in [-0.1, -0.05) is 47.5 Å². The van der Waals surface area contributed by atoms with Crippen molar-refractivity contribution in [1.29, 1.82) is 0 Å². The lowest BCUT2D eigenvalue weighted by molar-refractivity contribution is -0.116. The second-order valence-corrected chi connectivity index (χ2v) is 6.20. The van der Waals surface area contributed by atoms with E-state index in [-0.39, 0.29) is 11.8 Å². The molecule has 0 radical (unpaired) electrons. The second-order valence-electron chi connectivity index (χ2n) is 5.42. The van der Waals surface area contributed by atoms with E-state index in [2.05, 4.69) is 17.4 Å². The van der Waals surface area contributed by atoms with E-state index >= 15 is 0 Å². The van der Waals surface area contributed by atoms with Crippen molar-refractivity contribution < 1.29 is 4.79 Å². The number of anilines is 1. The maximum Gasteiger partial charge on any atom is 0.225 e. The summed E-state index contributed by atoms with van der Waals surface area (Å²) in [5.74, 6) is -0.0449. The molecule has 1 unspecified atom stereocenters. The zero-order chi connectivity index (χ0) is 15.1. The molecule has 0 saturated heterocycles. The van der Waals surface area contributed by atoms with Crippen molar-refractivity contribution in [2.45, 2.75) is 26.2 Å². The molecule has 1 heterocycles. The molecule has 1 N–H and O–H groups in total. The van der Waals surface area contributed by atoms with Crippen LogP contribution < -0.4 is 5.32 Å². The molecule has 3 rings (SSSR count). The molecule has 0 fully saturated rings. The van der Waals surface area contributed by atoms with E-state index in [9.17, 15) is 4.79 Å². The summed E-state index contributed by atoms with van der Waals surface area (Å²) in [6.45, 7) is 4.06. The Hall–Kier alpha value is -1.51. The maximum atomic E-state index is 12.1. The molecule has 1 aliphatic heterocycles. The standard InChI is InChI=1S/C17H15Cl2NO/c1-9-6-7-12-13(8-15(21)20-17(12)10(9)2)11-4-3-5-14(18)16(11)19/h3-7,13H,8H2,1-2H3,(H,20,21). The molecule has 0 aliphatic carbocycles. The molecule has 0 aromatic heterocycles. The summed E-state index contributed by atoms with van der Waals surface area (Å²) in [7, 11) is 0. The topological polar surface area (TPSA) is 29.1 Å². The van der Waals surface area contributed by atoms with Crippen molar-refractivity contribution in [3.05, 3.63) is 62.6 Å². The fourth-order valence-corrected chi connectivity index (χ4v) is 3.29. The fourth-order valence-electron chi connectivity index (χ4n) is 2.85. The van der Waals surface area contributed by atoms with Crippen molar-refractivity contribution in [3.8, 4) is 0 Å². The number of benzene rings is 2. The first-order valence-corrected chi connectivity index (χ1v) is 7.58. The number of amides is 1. The van der Waals surface area contributed by atoms with E-state index in [0.717, 1.165) is 27.9 Å². The summed E-state index contributed by atoms with van der Waals surface area (Å²) in [4.78, 5) is 12.1. The van der Waals surface area contributed by atoms with Gasteiger partial charge >= 0.3 is 0 Å². The van der Waals surface area contributed by atoms with Gasteiger partial charge in [-0.3, -0.25) is 4.79 Å². The van der Waals surface area contributed by atoms with Crippen LogP contribution in [0.2, 0.25) is 10.0 Å². The summed E-state index contributed by atoms with van der Waals surface area (Å²) in [5.41, 5.74) is 5.17. The second kappa shape index (κ2) is 5.36. The van der Waals surface area contributed by atoms with Crippen LogP contribution in [0.3, 0.4) is 0 Å². The van der Waals surface area contributed by atoms with Crippen LogP contribution in [-0.4, -0.2) is 5.91 Å². The quantitative estimate of drug-likeness (QED) is 0.779. The van der Waals surface area contributed by atoms with Gasteiger partial charge in [0.05, 0.1) is 10.0 Å². The minimum Gasteiger partial charge on any atom is -0.326 e. The number of carbonyl (C=O) groups is 1. The average molecular weight is 320 g/mol. The minimum absolute atomic E-state index is 0.0113. The Balaban J connectivity index is 2.20. The van der Waals surface area contributed by atoms with Gasteiger partial charge in [0.15, 0.2) is 0 Å². The lowest BCUT2D eigenvalue weighted by atomic mass is 9.83. The lowest BCUT2D eigenvalue weighted by Crippen LogP contribution is -2.24. The summed E-state index contributed by atoms with van der Waals surface area (Å²) in [6.07, 6.45) is 0.384. The highest BCUT2D eigenvalue weighted by molar-refractivity contribution is 6.42. The van der Waals surface area contributed by atoms with Gasteiger partial charge in [-0.05, 0) is 42.2 Å². The molecule has 1 amide bonds. The Morgan fingerprint density at radius 2 is 1.86 bits per heavy atom. The highest BCUT2D eigenvalue weighted by Gasteiger charge is 2.29. The first-order valence-electron chi connectivity index (χ1n) is 6.83. The van der Waals surface area contributed by atoms with E-state index in [4.69, 9.17) is 23.2 Å². The van der Waals surface area contributed by atoms with Crippen molar-refractivity contribution in [1.82, 2.24) is 0 Å². The molecular weight excluding hydrogens is 305 g/mol. The van der Waals surface area contributed by atoms with Crippen molar-refractivity contribution in [3.63, 3.8) is 0 Å². The normalized spacial score (nSPS) is 17.3. The number of hydrogen-bond acceptors (Lipinski definition) is 1. The molecule has 4 heteroatoms. The summed E-state index contributed by atoms with van der Waals surface area (Å²) >= 11 is 12.5. The van der Waals surface area contributed by atoms with Crippen molar-refractivity contribution in [2.24, 2.45) is 0 Å². The number of aryl methyl sites for hydroxylation is 1. The summed E-state index contributed by atoms with van der Waals surface area (Å²) in [6, 6.07) is 9.72. The Morgan fingerprint density at radius 1 is 1.10 bits per heavy atom. The Bertz CT molecular complexity index is 740. The number of halogens is 2. The molecule has 0 spiro atoms. The van der Waals surface area contributed by atoms with Crippen LogP contribution in [-0.2, 0) is 4.79 Å². The number of carbonyl (C=O) groups excluding carboxylic acids is 1. The summed E-state index contributed by atoms with van der Waals surface area (Å²) in [5, 5.41) is 4.04. The number of hydrogen-bond donors (Lipinski definition) is 1. The third-order valence-corrected chi connectivity index (χ3v) is 4.99. The van der Waals surface area contributed by atoms with Crippen LogP contribution in [0.15, 0.2) is 30.3 Å². The highest BCUT2D eigenvalue weighted by atomic mass is 35.5. The van der Waals surface area contributed by atoms with Gasteiger partial charge in [-0.2, -0.15) is 0 Å². The van der Waals surface area contributed by atoms with Gasteiger partial charge in [-0.15, -0.1) is 0 Å². The predicted molar refractivity (Wildman–Crippen MR) is 87.5 cm³/mol. The van der Waals surface area contributed by atoms with Crippen LogP contribution in [0, 0.1) is 13.8 Å². The maximum absolute atomic E-state index is 12.1. The van der Waals surface area contributed by atoms with Gasteiger partial charge in [0.25, 0.3) is 0 Å². The van der Waals surface area contributed by atoms with Crippen LogP contribution in [0.1, 0.15) is 34.6 Å². The Labute approximate surface area is 134 Å². The van der Waals surface area contributed by atoms with E-state index in [1.54, 1.807) is 6.07 Å². The minimum atomic E-state index is -0.0563. The predicted octanol–water partition coefficient (Wildman–Crippen LogP) is 5.08. The number of fused-ring (bicyclic) bond motifs is 1. The van der Waals surface area contributed by atoms with Crippen LogP contribution >= 0.6 is 23.2 Å². The molecule has 1 atom stereocenters. The largest absolute Gasteiger partial charge is 0.326 e. The van der Waals surface area contributed by atoms with Gasteiger partial charge in [0, 0.05) is 18.0 Å². The molecule has 2 aromatic rings. The van der Waals surface area contributed by atoms with E-state index in [0.29, 0.717) is 16.5 Å². The Morgan fingerprint density at radius 3 is 2.62 bits per heavy atom. The van der Waals surface area contributed by atoms with Crippen LogP contribution in [0.25, 0.3) is 0 Å². The van der Waals surface area contributed by atoms with Gasteiger partial charge in [0.2, 0.25) is 5.91 Å². The van der Waals surface area contributed by atoms with Gasteiger partial charge in [-0.25, -0.2) is 0 Å². The molecule has 0 bridgehead atoms. The van der Waals surface area contributed by atoms with Crippen LogP contribution in [0.4, 0.5) is 5.69 Å². The highest BCUT2D eigenvalue weighted by Crippen LogP contribution is 2.43. The first kappa shape index (κ1) is 14.4. The third kappa shape index (κ3) is 2.43. The van der Waals surface area contributed by atoms with E-state index in [1.165, 1.54) is 0 Å². The fraction of sp³-hybridized carbons (Fsp3) is 0.235. The molecule has 108 valence electrons. The molecule has 2 nitrogen and oxygen atoms in total. The SMILES string of the molecule is Cc1ccc2c(c1C)NC(=O)CC2c1cccc(Cl)c1Cl. The molecule has 1 aliphatic rings. The zero-order valence-corrected chi connectivity index (χ0v) is 13.3. The Kier molecular flexibility index (Phi) is 3.68. The smallest absolute Gasteiger partial charge is 0.225 e. The number of rotatable bonds is 1. The van der Waals surface area contributed by atoms with E-state index in [1.807, 2.05) is 26.0 Å². The van der Waals surface area contributed by atoms with Gasteiger partial charge < -0.3 is 5.32 Å². The zero-order valence-electron chi connectivity index (χ0n) is 11.8. The lowest BCUT2D eigenvalue weighted by Gasteiger charge is -2.28. The van der Waals surface area contributed by atoms with Crippen LogP contribution in [0.5, 0.6) is 0 Å². The third-order valence-electron chi connectivity index (χ3n) is 4.15. The molecular formula is C17H15Cl2NO. The monoisotopic (exact) mass is 319 g/mol. The van der Waals surface area contributed by atoms with Crippen molar-refractivity contribution in [2.75, 3.05) is 5.32 Å². The number of nitrogens with one attached hydrogen (secondary N) is 1. The summed E-state index contributed by atoms with van der Waals surface area (Å²) < 4.78 is 0. The van der Waals surface area contributed by atoms with Crippen molar-refractivity contribution >= 4 is 34.8 Å². The molecule has 2 aromatic carbocycles. The average Bonchev–Trinajstić information content (AvgIpc) is 2.46. The van der Waals surface area contributed by atoms with Gasteiger partial charge in [0.1, 0.15) is 0 Å². The first-order chi connectivity index (χ1) is 9.99. The molecule has 21 heavy (non-hydrogen) atoms.